The van der Waals surface area contributed by atoms with Crippen molar-refractivity contribution in [1.29, 1.82) is 0 Å². The average Bonchev–Trinajstić information content (AvgIpc) is 2.84. The fraction of sp³-hybridized carbons (Fsp3) is 0.269. The van der Waals surface area contributed by atoms with E-state index in [1.807, 2.05) is 84.9 Å². The molecule has 0 bridgehead atoms. The van der Waals surface area contributed by atoms with E-state index in [0.29, 0.717) is 6.54 Å². The normalized spacial score (nSPS) is 15.0. The van der Waals surface area contributed by atoms with Gasteiger partial charge in [-0.25, -0.2) is 0 Å². The monoisotopic (exact) mass is 450 g/mol. The first-order valence-corrected chi connectivity index (χ1v) is 11.5. The van der Waals surface area contributed by atoms with Crippen molar-refractivity contribution >= 4 is 28.9 Å². The van der Waals surface area contributed by atoms with Crippen LogP contribution in [0, 0.1) is 5.92 Å². The summed E-state index contributed by atoms with van der Waals surface area (Å²) >= 11 is 11.6. The molecule has 160 valence electrons. The standard InChI is InChI=1S/C26H27ClN2OS/c27-24-13-11-20(12-14-24)19-28-25(31)29-17-15-23(16-18-29)26(30,21-7-3-1-4-8-21)22-9-5-2-6-10-22/h1-14,23,30H,15-19H2,(H,28,31). The molecular weight excluding hydrogens is 424 g/mol. The molecule has 0 aromatic heterocycles. The fourth-order valence-electron chi connectivity index (χ4n) is 4.41. The molecule has 3 aromatic rings. The molecule has 0 spiro atoms. The Kier molecular flexibility index (Phi) is 6.91. The van der Waals surface area contributed by atoms with Gasteiger partial charge in [0.1, 0.15) is 5.60 Å². The Morgan fingerprint density at radius 2 is 1.42 bits per heavy atom. The quantitative estimate of drug-likeness (QED) is 0.513. The zero-order chi connectivity index (χ0) is 21.7. The van der Waals surface area contributed by atoms with E-state index >= 15 is 0 Å². The Balaban J connectivity index is 1.43. The zero-order valence-corrected chi connectivity index (χ0v) is 18.9. The molecule has 3 nitrogen and oxygen atoms in total. The first kappa shape index (κ1) is 21.8. The predicted octanol–water partition coefficient (Wildman–Crippen LogP) is 5.36. The lowest BCUT2D eigenvalue weighted by molar-refractivity contribution is -0.00660. The van der Waals surface area contributed by atoms with E-state index in [9.17, 15) is 5.11 Å². The van der Waals surface area contributed by atoms with E-state index in [2.05, 4.69) is 10.2 Å². The van der Waals surface area contributed by atoms with Gasteiger partial charge < -0.3 is 15.3 Å². The summed E-state index contributed by atoms with van der Waals surface area (Å²) in [7, 11) is 0. The third-order valence-corrected chi connectivity index (χ3v) is 6.81. The van der Waals surface area contributed by atoms with Crippen LogP contribution in [-0.2, 0) is 12.1 Å². The average molecular weight is 451 g/mol. The number of aliphatic hydroxyl groups is 1. The minimum Gasteiger partial charge on any atom is -0.380 e. The summed E-state index contributed by atoms with van der Waals surface area (Å²) in [5.74, 6) is 0.118. The highest BCUT2D eigenvalue weighted by Crippen LogP contribution is 2.41. The second-order valence-electron chi connectivity index (χ2n) is 8.04. The SMILES string of the molecule is OC(c1ccccc1)(c1ccccc1)C1CCN(C(=S)NCc2ccc(Cl)cc2)CC1. The molecule has 1 aliphatic rings. The number of benzene rings is 3. The molecule has 0 unspecified atom stereocenters. The van der Waals surface area contributed by atoms with Crippen LogP contribution in [-0.4, -0.2) is 28.2 Å². The van der Waals surface area contributed by atoms with Gasteiger partial charge in [0.25, 0.3) is 0 Å². The van der Waals surface area contributed by atoms with Crippen molar-refractivity contribution in [2.75, 3.05) is 13.1 Å². The highest BCUT2D eigenvalue weighted by molar-refractivity contribution is 7.80. The Morgan fingerprint density at radius 3 is 1.94 bits per heavy atom. The third kappa shape index (κ3) is 4.93. The maximum atomic E-state index is 12.0. The number of thiocarbonyl (C=S) groups is 1. The summed E-state index contributed by atoms with van der Waals surface area (Å²) < 4.78 is 0. The highest BCUT2D eigenvalue weighted by Gasteiger charge is 2.41. The van der Waals surface area contributed by atoms with Crippen LogP contribution < -0.4 is 5.32 Å². The lowest BCUT2D eigenvalue weighted by atomic mass is 9.72. The van der Waals surface area contributed by atoms with Gasteiger partial charge in [0.05, 0.1) is 0 Å². The first-order valence-electron chi connectivity index (χ1n) is 10.7. The van der Waals surface area contributed by atoms with Gasteiger partial charge in [0, 0.05) is 24.7 Å². The van der Waals surface area contributed by atoms with Crippen molar-refractivity contribution in [2.45, 2.75) is 25.0 Å². The minimum absolute atomic E-state index is 0.118. The second-order valence-corrected chi connectivity index (χ2v) is 8.87. The summed E-state index contributed by atoms with van der Waals surface area (Å²) in [6, 6.07) is 27.8. The van der Waals surface area contributed by atoms with Gasteiger partial charge in [-0.05, 0) is 59.8 Å². The minimum atomic E-state index is -1.01. The number of nitrogens with one attached hydrogen (secondary N) is 1. The number of hydrogen-bond donors (Lipinski definition) is 2. The molecule has 1 fully saturated rings. The topological polar surface area (TPSA) is 35.5 Å². The molecule has 2 N–H and O–H groups in total. The van der Waals surface area contributed by atoms with E-state index in [-0.39, 0.29) is 5.92 Å². The lowest BCUT2D eigenvalue weighted by Crippen LogP contribution is -2.48. The molecule has 0 radical (unpaired) electrons. The van der Waals surface area contributed by atoms with E-state index in [1.165, 1.54) is 0 Å². The molecule has 1 heterocycles. The van der Waals surface area contributed by atoms with Gasteiger partial charge >= 0.3 is 0 Å². The highest BCUT2D eigenvalue weighted by atomic mass is 35.5. The van der Waals surface area contributed by atoms with Crippen molar-refractivity contribution in [3.63, 3.8) is 0 Å². The first-order chi connectivity index (χ1) is 15.1. The van der Waals surface area contributed by atoms with Gasteiger partial charge in [-0.15, -0.1) is 0 Å². The molecule has 0 atom stereocenters. The van der Waals surface area contributed by atoms with E-state index in [4.69, 9.17) is 23.8 Å². The smallest absolute Gasteiger partial charge is 0.169 e. The molecule has 0 aliphatic carbocycles. The van der Waals surface area contributed by atoms with Crippen LogP contribution >= 0.6 is 23.8 Å². The van der Waals surface area contributed by atoms with Crippen LogP contribution in [0.2, 0.25) is 5.02 Å². The number of likely N-dealkylation sites (tertiary alicyclic amines) is 1. The van der Waals surface area contributed by atoms with Crippen LogP contribution in [0.25, 0.3) is 0 Å². The van der Waals surface area contributed by atoms with E-state index in [0.717, 1.165) is 52.8 Å². The number of halogens is 1. The maximum absolute atomic E-state index is 12.0. The van der Waals surface area contributed by atoms with Crippen molar-refractivity contribution in [1.82, 2.24) is 10.2 Å². The van der Waals surface area contributed by atoms with Gasteiger partial charge in [-0.3, -0.25) is 0 Å². The number of rotatable bonds is 5. The summed E-state index contributed by atoms with van der Waals surface area (Å²) in [4.78, 5) is 2.21. The van der Waals surface area contributed by atoms with Crippen molar-refractivity contribution in [3.8, 4) is 0 Å². The fourth-order valence-corrected chi connectivity index (χ4v) is 4.80. The number of nitrogens with zero attached hydrogens (tertiary/aromatic N) is 1. The molecule has 5 heteroatoms. The molecule has 0 amide bonds. The Hall–Kier alpha value is -2.40. The maximum Gasteiger partial charge on any atom is 0.169 e. The Labute approximate surface area is 194 Å². The molecular formula is C26H27ClN2OS. The van der Waals surface area contributed by atoms with Gasteiger partial charge in [-0.1, -0.05) is 84.4 Å². The third-order valence-electron chi connectivity index (χ3n) is 6.16. The number of hydrogen-bond acceptors (Lipinski definition) is 2. The summed E-state index contributed by atoms with van der Waals surface area (Å²) in [5.41, 5.74) is 2.03. The summed E-state index contributed by atoms with van der Waals surface area (Å²) in [5, 5.41) is 16.9. The number of piperidine rings is 1. The Morgan fingerprint density at radius 1 is 0.903 bits per heavy atom. The van der Waals surface area contributed by atoms with Gasteiger partial charge in [0.2, 0.25) is 0 Å². The largest absolute Gasteiger partial charge is 0.380 e. The van der Waals surface area contributed by atoms with E-state index < -0.39 is 5.60 Å². The molecule has 1 aliphatic heterocycles. The molecule has 31 heavy (non-hydrogen) atoms. The predicted molar refractivity (Wildman–Crippen MR) is 131 cm³/mol. The van der Waals surface area contributed by atoms with Crippen LogP contribution in [0.5, 0.6) is 0 Å². The molecule has 1 saturated heterocycles. The lowest BCUT2D eigenvalue weighted by Gasteiger charge is -2.43. The van der Waals surface area contributed by atoms with Crippen LogP contribution in [0.1, 0.15) is 29.5 Å². The van der Waals surface area contributed by atoms with Crippen molar-refractivity contribution in [3.05, 3.63) is 107 Å². The Bertz CT molecular complexity index is 947. The molecule has 4 rings (SSSR count). The molecule has 3 aromatic carbocycles. The van der Waals surface area contributed by atoms with Gasteiger partial charge in [0.15, 0.2) is 5.11 Å². The summed E-state index contributed by atoms with van der Waals surface area (Å²) in [6.07, 6.45) is 1.73. The van der Waals surface area contributed by atoms with E-state index in [1.54, 1.807) is 0 Å². The van der Waals surface area contributed by atoms with Crippen LogP contribution in [0.15, 0.2) is 84.9 Å². The van der Waals surface area contributed by atoms with Gasteiger partial charge in [-0.2, -0.15) is 0 Å². The zero-order valence-electron chi connectivity index (χ0n) is 17.4. The van der Waals surface area contributed by atoms with Crippen molar-refractivity contribution in [2.24, 2.45) is 5.92 Å². The van der Waals surface area contributed by atoms with Crippen LogP contribution in [0.4, 0.5) is 0 Å². The second kappa shape index (κ2) is 9.82. The summed E-state index contributed by atoms with van der Waals surface area (Å²) in [6.45, 7) is 2.31. The molecule has 0 saturated carbocycles. The van der Waals surface area contributed by atoms with Crippen molar-refractivity contribution < 1.29 is 5.11 Å². The van der Waals surface area contributed by atoms with Crippen LogP contribution in [0.3, 0.4) is 0 Å².